The normalized spacial score (nSPS) is 26.7. The lowest BCUT2D eigenvalue weighted by Crippen LogP contribution is -2.27. The lowest BCUT2D eigenvalue weighted by Gasteiger charge is -2.26. The van der Waals surface area contributed by atoms with E-state index >= 15 is 0 Å². The van der Waals surface area contributed by atoms with Gasteiger partial charge in [-0.2, -0.15) is 0 Å². The molecule has 1 rings (SSSR count). The van der Waals surface area contributed by atoms with Crippen molar-refractivity contribution in [2.75, 3.05) is 0 Å². The van der Waals surface area contributed by atoms with Gasteiger partial charge >= 0.3 is 10.9 Å². The molecule has 0 spiro atoms. The van der Waals surface area contributed by atoms with Crippen LogP contribution in [0.4, 0.5) is 9.59 Å². The maximum atomic E-state index is 10.4. The van der Waals surface area contributed by atoms with Gasteiger partial charge in [0.25, 0.3) is 0 Å². The first-order valence-electron chi connectivity index (χ1n) is 4.30. The van der Waals surface area contributed by atoms with Gasteiger partial charge in [-0.3, -0.25) is 0 Å². The third-order valence-corrected chi connectivity index (χ3v) is 2.32. The highest BCUT2D eigenvalue weighted by molar-refractivity contribution is 6.61. The van der Waals surface area contributed by atoms with E-state index in [-0.39, 0.29) is 12.2 Å². The lowest BCUT2D eigenvalue weighted by atomic mass is 9.95. The number of carbonyl (C=O) groups is 2. The van der Waals surface area contributed by atoms with Crippen LogP contribution in [0.5, 0.6) is 0 Å². The molecule has 0 unspecified atom stereocenters. The fourth-order valence-corrected chi connectivity index (χ4v) is 1.78. The predicted molar refractivity (Wildman–Crippen MR) is 50.7 cm³/mol. The summed E-state index contributed by atoms with van der Waals surface area (Å²) in [5.41, 5.74) is -1.58. The molecule has 6 heteroatoms. The minimum atomic E-state index is -0.789. The number of carbonyl (C=O) groups excluding carboxylic acids is 2. The molecule has 80 valence electrons. The second-order valence-corrected chi connectivity index (χ2v) is 3.73. The first-order chi connectivity index (χ1) is 6.58. The van der Waals surface area contributed by atoms with Crippen LogP contribution in [-0.4, -0.2) is 23.1 Å². The van der Waals surface area contributed by atoms with Crippen LogP contribution in [0.1, 0.15) is 25.7 Å². The molecule has 0 amide bonds. The summed E-state index contributed by atoms with van der Waals surface area (Å²) in [4.78, 5) is 20.8. The number of hydrogen-bond donors (Lipinski definition) is 0. The van der Waals surface area contributed by atoms with Crippen LogP contribution in [0, 0.1) is 0 Å². The maximum Gasteiger partial charge on any atom is 0.404 e. The van der Waals surface area contributed by atoms with Crippen molar-refractivity contribution in [2.45, 2.75) is 37.9 Å². The van der Waals surface area contributed by atoms with Crippen LogP contribution in [-0.2, 0) is 9.47 Å². The van der Waals surface area contributed by atoms with E-state index in [2.05, 4.69) is 0 Å². The Kier molecular flexibility index (Phi) is 4.48. The van der Waals surface area contributed by atoms with Crippen molar-refractivity contribution in [1.29, 1.82) is 0 Å². The molecule has 0 saturated heterocycles. The van der Waals surface area contributed by atoms with Gasteiger partial charge < -0.3 is 9.47 Å². The molecule has 1 aliphatic rings. The molecule has 0 atom stereocenters. The third kappa shape index (κ3) is 4.15. The van der Waals surface area contributed by atoms with Crippen molar-refractivity contribution >= 4 is 34.1 Å². The Morgan fingerprint density at radius 1 is 0.857 bits per heavy atom. The second kappa shape index (κ2) is 5.41. The molecule has 1 saturated carbocycles. The van der Waals surface area contributed by atoms with Gasteiger partial charge in [-0.05, 0) is 25.7 Å². The second-order valence-electron chi connectivity index (χ2n) is 3.11. The molecule has 0 radical (unpaired) electrons. The highest BCUT2D eigenvalue weighted by Crippen LogP contribution is 2.24. The molecule has 4 nitrogen and oxygen atoms in total. The molecule has 0 bridgehead atoms. The molecule has 14 heavy (non-hydrogen) atoms. The lowest BCUT2D eigenvalue weighted by molar-refractivity contribution is 0.0378. The molecule has 0 aromatic carbocycles. The fourth-order valence-electron chi connectivity index (χ4n) is 1.53. The van der Waals surface area contributed by atoms with Crippen molar-refractivity contribution in [2.24, 2.45) is 0 Å². The van der Waals surface area contributed by atoms with Crippen LogP contribution < -0.4 is 0 Å². The quantitative estimate of drug-likeness (QED) is 0.697. The van der Waals surface area contributed by atoms with E-state index in [1.165, 1.54) is 0 Å². The summed E-state index contributed by atoms with van der Waals surface area (Å²) in [6, 6.07) is 0. The van der Waals surface area contributed by atoms with Crippen molar-refractivity contribution in [1.82, 2.24) is 0 Å². The standard InChI is InChI=1S/C8H10Cl2O4/c9-7(11)13-5-1-2-6(4-3-5)14-8(10)12/h5-6H,1-4H2. The zero-order chi connectivity index (χ0) is 10.6. The molecule has 1 aliphatic carbocycles. The summed E-state index contributed by atoms with van der Waals surface area (Å²) < 4.78 is 9.59. The van der Waals surface area contributed by atoms with Gasteiger partial charge in [-0.25, -0.2) is 9.59 Å². The Morgan fingerprint density at radius 2 is 1.14 bits per heavy atom. The summed E-state index contributed by atoms with van der Waals surface area (Å²) >= 11 is 10.1. The van der Waals surface area contributed by atoms with Crippen molar-refractivity contribution in [3.8, 4) is 0 Å². The third-order valence-electron chi connectivity index (χ3n) is 2.14. The number of hydrogen-bond acceptors (Lipinski definition) is 4. The summed E-state index contributed by atoms with van der Waals surface area (Å²) in [6.45, 7) is 0. The first kappa shape index (κ1) is 11.6. The van der Waals surface area contributed by atoms with E-state index in [1.807, 2.05) is 0 Å². The van der Waals surface area contributed by atoms with Crippen LogP contribution in [0.2, 0.25) is 0 Å². The van der Waals surface area contributed by atoms with E-state index in [1.54, 1.807) is 0 Å². The summed E-state index contributed by atoms with van der Waals surface area (Å²) in [7, 11) is 0. The van der Waals surface area contributed by atoms with Gasteiger partial charge in [-0.1, -0.05) is 0 Å². The van der Waals surface area contributed by atoms with Crippen LogP contribution in [0.25, 0.3) is 0 Å². The average Bonchev–Trinajstić information content (AvgIpc) is 2.06. The maximum absolute atomic E-state index is 10.4. The van der Waals surface area contributed by atoms with E-state index < -0.39 is 10.9 Å². The monoisotopic (exact) mass is 240 g/mol. The Bertz CT molecular complexity index is 199. The van der Waals surface area contributed by atoms with E-state index in [9.17, 15) is 9.59 Å². The fraction of sp³-hybridized carbons (Fsp3) is 0.750. The van der Waals surface area contributed by atoms with Gasteiger partial charge in [0.15, 0.2) is 0 Å². The molecule has 0 N–H and O–H groups in total. The average molecular weight is 241 g/mol. The molecule has 0 heterocycles. The van der Waals surface area contributed by atoms with Gasteiger partial charge in [0.1, 0.15) is 12.2 Å². The molecule has 0 aromatic heterocycles. The van der Waals surface area contributed by atoms with Gasteiger partial charge in [0.2, 0.25) is 0 Å². The summed E-state index contributed by atoms with van der Waals surface area (Å²) in [5, 5.41) is 0. The smallest absolute Gasteiger partial charge is 0.404 e. The molecular weight excluding hydrogens is 231 g/mol. The van der Waals surface area contributed by atoms with E-state index in [4.69, 9.17) is 32.7 Å². The van der Waals surface area contributed by atoms with E-state index in [0.29, 0.717) is 25.7 Å². The van der Waals surface area contributed by atoms with Gasteiger partial charge in [-0.15, -0.1) is 0 Å². The highest BCUT2D eigenvalue weighted by Gasteiger charge is 2.25. The van der Waals surface area contributed by atoms with Crippen LogP contribution >= 0.6 is 23.2 Å². The minimum absolute atomic E-state index is 0.162. The van der Waals surface area contributed by atoms with Gasteiger partial charge in [0, 0.05) is 23.2 Å². The van der Waals surface area contributed by atoms with Gasteiger partial charge in [0.05, 0.1) is 0 Å². The SMILES string of the molecule is O=C(Cl)OC1CCC(OC(=O)Cl)CC1. The Balaban J connectivity index is 2.24. The molecule has 1 fully saturated rings. The van der Waals surface area contributed by atoms with Crippen LogP contribution in [0.15, 0.2) is 0 Å². The molecule has 0 aliphatic heterocycles. The Hall–Kier alpha value is -0.480. The van der Waals surface area contributed by atoms with Crippen molar-refractivity contribution in [3.05, 3.63) is 0 Å². The summed E-state index contributed by atoms with van der Waals surface area (Å²) in [6.07, 6.45) is 2.26. The summed E-state index contributed by atoms with van der Waals surface area (Å²) in [5.74, 6) is 0. The number of halogens is 2. The first-order valence-corrected chi connectivity index (χ1v) is 5.05. The van der Waals surface area contributed by atoms with Crippen molar-refractivity contribution in [3.63, 3.8) is 0 Å². The number of ether oxygens (including phenoxy) is 2. The number of rotatable bonds is 2. The predicted octanol–water partition coefficient (Wildman–Crippen LogP) is 3.05. The van der Waals surface area contributed by atoms with Crippen LogP contribution in [0.3, 0.4) is 0 Å². The molecule has 0 aromatic rings. The van der Waals surface area contributed by atoms with E-state index in [0.717, 1.165) is 0 Å². The van der Waals surface area contributed by atoms with Crippen molar-refractivity contribution < 1.29 is 19.1 Å². The largest absolute Gasteiger partial charge is 0.450 e. The zero-order valence-corrected chi connectivity index (χ0v) is 8.88. The minimum Gasteiger partial charge on any atom is -0.450 e. The molecular formula is C8H10Cl2O4. The Morgan fingerprint density at radius 3 is 1.36 bits per heavy atom. The topological polar surface area (TPSA) is 52.6 Å². The highest BCUT2D eigenvalue weighted by atomic mass is 35.5. The zero-order valence-electron chi connectivity index (χ0n) is 7.37. The Labute approximate surface area is 91.4 Å².